The highest BCUT2D eigenvalue weighted by Crippen LogP contribution is 2.23. The lowest BCUT2D eigenvalue weighted by molar-refractivity contribution is -0.134. The van der Waals surface area contributed by atoms with Gasteiger partial charge in [0.05, 0.1) is 6.04 Å². The molecule has 1 heterocycles. The first-order chi connectivity index (χ1) is 24.6. The van der Waals surface area contributed by atoms with E-state index < -0.39 is 59.7 Å². The Kier molecular flexibility index (Phi) is 12.0. The summed E-state index contributed by atoms with van der Waals surface area (Å²) >= 11 is 0. The maximum atomic E-state index is 14.1. The summed E-state index contributed by atoms with van der Waals surface area (Å²) in [5, 5.41) is 15.7. The Hall–Kier alpha value is -6.24. The molecule has 0 radical (unpaired) electrons. The van der Waals surface area contributed by atoms with Crippen LogP contribution in [-0.4, -0.2) is 65.7 Å². The number of carbonyl (C=O) groups is 5. The van der Waals surface area contributed by atoms with E-state index in [1.165, 1.54) is 0 Å². The molecule has 1 aliphatic heterocycles. The zero-order valence-electron chi connectivity index (χ0n) is 28.2. The quantitative estimate of drug-likeness (QED) is 0.103. The molecule has 5 atom stereocenters. The van der Waals surface area contributed by atoms with Crippen molar-refractivity contribution in [3.63, 3.8) is 0 Å². The van der Waals surface area contributed by atoms with Crippen molar-refractivity contribution in [1.29, 1.82) is 0 Å². The minimum absolute atomic E-state index is 0.0569. The molecule has 4 aromatic rings. The number of nitrogens with zero attached hydrogens (tertiary/aromatic N) is 1. The summed E-state index contributed by atoms with van der Waals surface area (Å²) in [6.45, 7) is 1.75. The van der Waals surface area contributed by atoms with Gasteiger partial charge < -0.3 is 38.1 Å². The highest BCUT2D eigenvalue weighted by atomic mass is 16.2. The Bertz CT molecular complexity index is 1890. The zero-order chi connectivity index (χ0) is 36.3. The van der Waals surface area contributed by atoms with Gasteiger partial charge in [0.1, 0.15) is 24.2 Å². The molecule has 5 rings (SSSR count). The maximum absolute atomic E-state index is 14.1. The number of fused-ring (bicyclic) bond motifs is 1. The minimum atomic E-state index is -1.30. The van der Waals surface area contributed by atoms with Gasteiger partial charge in [0.2, 0.25) is 23.6 Å². The number of benzene rings is 4. The van der Waals surface area contributed by atoms with Crippen LogP contribution in [0.25, 0.3) is 10.8 Å². The van der Waals surface area contributed by atoms with Gasteiger partial charge in [-0.05, 0) is 48.4 Å². The fourth-order valence-electron chi connectivity index (χ4n) is 6.03. The molecule has 0 saturated carbocycles. The number of amides is 5. The molecule has 1 fully saturated rings. The van der Waals surface area contributed by atoms with Crippen LogP contribution in [0.3, 0.4) is 0 Å². The molecule has 264 valence electrons. The van der Waals surface area contributed by atoms with Crippen LogP contribution < -0.4 is 38.1 Å². The van der Waals surface area contributed by atoms with Gasteiger partial charge >= 0.3 is 0 Å². The summed E-state index contributed by atoms with van der Waals surface area (Å²) < 4.78 is 0. The number of nitrogens with one attached hydrogen (secondary N) is 5. The lowest BCUT2D eigenvalue weighted by Gasteiger charge is -2.31. The van der Waals surface area contributed by atoms with Crippen LogP contribution in [0, 0.1) is 0 Å². The number of hydrogen-bond acceptors (Lipinski definition) is 6. The van der Waals surface area contributed by atoms with Gasteiger partial charge in [-0.3, -0.25) is 24.0 Å². The van der Waals surface area contributed by atoms with E-state index in [1.807, 2.05) is 48.5 Å². The van der Waals surface area contributed by atoms with Gasteiger partial charge in [-0.15, -0.1) is 0 Å². The smallest absolute Gasteiger partial charge is 0.251 e. The minimum Gasteiger partial charge on any atom is -0.370 e. The van der Waals surface area contributed by atoms with Gasteiger partial charge in [-0.25, -0.2) is 4.99 Å². The Balaban J connectivity index is 1.51. The summed E-state index contributed by atoms with van der Waals surface area (Å²) in [4.78, 5) is 73.6. The Morgan fingerprint density at radius 3 is 2.16 bits per heavy atom. The molecular formula is C38H42N8O5. The molecule has 0 aromatic heterocycles. The van der Waals surface area contributed by atoms with E-state index in [0.29, 0.717) is 11.3 Å². The SMILES string of the molecule is CCC(N=C(N)N)C1NC(=O)C(Cc2ccccc2)NC(=O)C(NC(=O)c2ccccc2)CCC(C(=O)Nc2cccc3ccccc23)NC1=O. The molecule has 0 bridgehead atoms. The van der Waals surface area contributed by atoms with Crippen molar-refractivity contribution in [3.8, 4) is 0 Å². The number of aliphatic imine (C=N–C) groups is 1. The van der Waals surface area contributed by atoms with Crippen molar-refractivity contribution >= 4 is 52.0 Å². The lowest BCUT2D eigenvalue weighted by Crippen LogP contribution is -2.62. The largest absolute Gasteiger partial charge is 0.370 e. The molecule has 51 heavy (non-hydrogen) atoms. The van der Waals surface area contributed by atoms with E-state index in [0.717, 1.165) is 16.3 Å². The lowest BCUT2D eigenvalue weighted by atomic mass is 9.98. The van der Waals surface area contributed by atoms with Crippen LogP contribution in [0.5, 0.6) is 0 Å². The third kappa shape index (κ3) is 9.47. The summed E-state index contributed by atoms with van der Waals surface area (Å²) in [5.41, 5.74) is 13.0. The zero-order valence-corrected chi connectivity index (χ0v) is 28.2. The van der Waals surface area contributed by atoms with Crippen molar-refractivity contribution in [3.05, 3.63) is 114 Å². The van der Waals surface area contributed by atoms with E-state index in [1.54, 1.807) is 61.5 Å². The third-order valence-electron chi connectivity index (χ3n) is 8.70. The van der Waals surface area contributed by atoms with E-state index in [-0.39, 0.29) is 31.6 Å². The molecule has 0 aliphatic carbocycles. The number of hydrogen-bond donors (Lipinski definition) is 7. The first kappa shape index (κ1) is 36.1. The third-order valence-corrected chi connectivity index (χ3v) is 8.70. The van der Waals surface area contributed by atoms with Crippen LogP contribution in [0.2, 0.25) is 0 Å². The molecule has 1 aliphatic rings. The Labute approximate surface area is 295 Å². The highest BCUT2D eigenvalue weighted by Gasteiger charge is 2.37. The van der Waals surface area contributed by atoms with Crippen LogP contribution in [0.15, 0.2) is 108 Å². The van der Waals surface area contributed by atoms with E-state index in [2.05, 4.69) is 31.6 Å². The van der Waals surface area contributed by atoms with Gasteiger partial charge in [-0.2, -0.15) is 0 Å². The first-order valence-electron chi connectivity index (χ1n) is 16.8. The van der Waals surface area contributed by atoms with Gasteiger partial charge in [0, 0.05) is 23.1 Å². The average molecular weight is 691 g/mol. The molecule has 13 nitrogen and oxygen atoms in total. The Morgan fingerprint density at radius 2 is 1.45 bits per heavy atom. The van der Waals surface area contributed by atoms with Crippen LogP contribution in [0.4, 0.5) is 5.69 Å². The summed E-state index contributed by atoms with van der Waals surface area (Å²) in [6, 6.07) is 24.7. The molecular weight excluding hydrogens is 648 g/mol. The fourth-order valence-corrected chi connectivity index (χ4v) is 6.03. The number of guanidine groups is 1. The molecule has 9 N–H and O–H groups in total. The molecule has 5 amide bonds. The molecule has 13 heteroatoms. The van der Waals surface area contributed by atoms with Gasteiger partial charge in [-0.1, -0.05) is 91.9 Å². The topological polar surface area (TPSA) is 210 Å². The molecule has 0 spiro atoms. The number of anilines is 1. The van der Waals surface area contributed by atoms with Gasteiger partial charge in [0.15, 0.2) is 5.96 Å². The van der Waals surface area contributed by atoms with Gasteiger partial charge in [0.25, 0.3) is 5.91 Å². The van der Waals surface area contributed by atoms with Crippen molar-refractivity contribution < 1.29 is 24.0 Å². The van der Waals surface area contributed by atoms with E-state index in [9.17, 15) is 24.0 Å². The summed E-state index contributed by atoms with van der Waals surface area (Å²) in [6.07, 6.45) is 0.222. The highest BCUT2D eigenvalue weighted by molar-refractivity contribution is 6.05. The Morgan fingerprint density at radius 1 is 0.784 bits per heavy atom. The summed E-state index contributed by atoms with van der Waals surface area (Å²) in [5.74, 6) is -3.38. The van der Waals surface area contributed by atoms with Crippen molar-refractivity contribution in [1.82, 2.24) is 21.3 Å². The standard InChI is InChI=1S/C38H42N8O5/c1-2-27(45-38(39)40)32-37(51)43-30(34(48)41-28-19-11-17-24-14-9-10-18-26(24)28)21-20-29(42-33(47)25-15-7-4-8-16-25)35(49)44-31(36(50)46-32)22-23-12-5-3-6-13-23/h3-19,27,29-32H,2,20-22H2,1H3,(H,41,48)(H,42,47)(H,43,51)(H,44,49)(H,46,50)(H4,39,40,45). The van der Waals surface area contributed by atoms with Crippen LogP contribution in [0.1, 0.15) is 42.1 Å². The molecule has 5 unspecified atom stereocenters. The van der Waals surface area contributed by atoms with E-state index in [4.69, 9.17) is 11.5 Å². The second kappa shape index (κ2) is 16.9. The second-order valence-corrected chi connectivity index (χ2v) is 12.3. The van der Waals surface area contributed by atoms with Crippen LogP contribution >= 0.6 is 0 Å². The number of carbonyl (C=O) groups excluding carboxylic acids is 5. The van der Waals surface area contributed by atoms with E-state index >= 15 is 0 Å². The predicted octanol–water partition coefficient (Wildman–Crippen LogP) is 2.12. The number of rotatable bonds is 9. The second-order valence-electron chi connectivity index (χ2n) is 12.3. The summed E-state index contributed by atoms with van der Waals surface area (Å²) in [7, 11) is 0. The maximum Gasteiger partial charge on any atom is 0.251 e. The normalized spacial score (nSPS) is 20.3. The number of nitrogens with two attached hydrogens (primary N) is 2. The van der Waals surface area contributed by atoms with Crippen molar-refractivity contribution in [2.24, 2.45) is 16.5 Å². The predicted molar refractivity (Wildman–Crippen MR) is 195 cm³/mol. The molecule has 1 saturated heterocycles. The average Bonchev–Trinajstić information content (AvgIpc) is 3.13. The van der Waals surface area contributed by atoms with Crippen LogP contribution in [-0.2, 0) is 25.6 Å². The van der Waals surface area contributed by atoms with Crippen molar-refractivity contribution in [2.45, 2.75) is 62.8 Å². The monoisotopic (exact) mass is 690 g/mol. The fraction of sp³-hybridized carbons (Fsp3) is 0.263. The molecule has 4 aromatic carbocycles. The van der Waals surface area contributed by atoms with Crippen molar-refractivity contribution in [2.75, 3.05) is 5.32 Å². The first-order valence-corrected chi connectivity index (χ1v) is 16.8.